The van der Waals surface area contributed by atoms with Crippen LogP contribution in [0.5, 0.6) is 5.75 Å². The third-order valence-corrected chi connectivity index (χ3v) is 3.09. The molecule has 0 saturated heterocycles. The number of halogens is 1. The van der Waals surface area contributed by atoms with Gasteiger partial charge in [-0.25, -0.2) is 4.98 Å². The van der Waals surface area contributed by atoms with Crippen molar-refractivity contribution in [2.24, 2.45) is 0 Å². The van der Waals surface area contributed by atoms with E-state index >= 15 is 0 Å². The molecule has 5 heteroatoms. The number of benzene rings is 1. The maximum atomic E-state index is 5.41. The molecule has 0 radical (unpaired) electrons. The summed E-state index contributed by atoms with van der Waals surface area (Å²) in [5, 5.41) is 3.13. The molecule has 0 aliphatic rings. The SMILES string of the molecule is CNCc1[nH]c(Br)nc1-c1cc(C)ccc1OC. The standard InChI is InChI=1S/C13H16BrN3O/c1-8-4-5-11(18-3)9(6-8)12-10(7-15-2)16-13(14)17-12/h4-6,15H,7H2,1-3H3,(H,16,17). The van der Waals surface area contributed by atoms with Crippen molar-refractivity contribution in [2.45, 2.75) is 13.5 Å². The molecule has 1 aromatic heterocycles. The maximum Gasteiger partial charge on any atom is 0.175 e. The van der Waals surface area contributed by atoms with Crippen molar-refractivity contribution in [2.75, 3.05) is 14.2 Å². The Balaban J connectivity index is 2.56. The Hall–Kier alpha value is -1.33. The van der Waals surface area contributed by atoms with E-state index in [0.717, 1.165) is 34.0 Å². The summed E-state index contributed by atoms with van der Waals surface area (Å²) in [6.45, 7) is 2.79. The second-order valence-electron chi connectivity index (χ2n) is 4.09. The van der Waals surface area contributed by atoms with Gasteiger partial charge in [0.2, 0.25) is 0 Å². The van der Waals surface area contributed by atoms with Crippen LogP contribution in [0.3, 0.4) is 0 Å². The van der Waals surface area contributed by atoms with Crippen LogP contribution < -0.4 is 10.1 Å². The molecule has 0 spiro atoms. The van der Waals surface area contributed by atoms with Crippen LogP contribution in [0.4, 0.5) is 0 Å². The average molecular weight is 310 g/mol. The largest absolute Gasteiger partial charge is 0.496 e. The van der Waals surface area contributed by atoms with Gasteiger partial charge in [0.15, 0.2) is 4.73 Å². The number of nitrogens with one attached hydrogen (secondary N) is 2. The van der Waals surface area contributed by atoms with Gasteiger partial charge in [-0.05, 0) is 42.0 Å². The fraction of sp³-hybridized carbons (Fsp3) is 0.308. The molecule has 0 amide bonds. The van der Waals surface area contributed by atoms with Crippen molar-refractivity contribution in [1.82, 2.24) is 15.3 Å². The molecule has 18 heavy (non-hydrogen) atoms. The van der Waals surface area contributed by atoms with Crippen molar-refractivity contribution in [3.8, 4) is 17.0 Å². The second-order valence-corrected chi connectivity index (χ2v) is 4.84. The summed E-state index contributed by atoms with van der Waals surface area (Å²) in [6, 6.07) is 6.08. The molecular weight excluding hydrogens is 294 g/mol. The molecule has 0 fully saturated rings. The Kier molecular flexibility index (Phi) is 4.04. The summed E-state index contributed by atoms with van der Waals surface area (Å²) in [4.78, 5) is 7.69. The number of H-pyrrole nitrogens is 1. The van der Waals surface area contributed by atoms with Gasteiger partial charge < -0.3 is 15.0 Å². The van der Waals surface area contributed by atoms with Crippen molar-refractivity contribution in [3.63, 3.8) is 0 Å². The minimum absolute atomic E-state index is 0.727. The zero-order valence-corrected chi connectivity index (χ0v) is 12.3. The van der Waals surface area contributed by atoms with Crippen LogP contribution in [0.2, 0.25) is 0 Å². The highest BCUT2D eigenvalue weighted by Gasteiger charge is 2.14. The van der Waals surface area contributed by atoms with E-state index in [1.165, 1.54) is 5.56 Å². The Morgan fingerprint density at radius 1 is 1.44 bits per heavy atom. The van der Waals surface area contributed by atoms with E-state index in [9.17, 15) is 0 Å². The highest BCUT2D eigenvalue weighted by Crippen LogP contribution is 2.32. The first-order valence-corrected chi connectivity index (χ1v) is 6.49. The van der Waals surface area contributed by atoms with Gasteiger partial charge in [0.25, 0.3) is 0 Å². The van der Waals surface area contributed by atoms with Crippen molar-refractivity contribution < 1.29 is 4.74 Å². The first kappa shape index (κ1) is 13.1. The number of methoxy groups -OCH3 is 1. The summed E-state index contributed by atoms with van der Waals surface area (Å²) in [6.07, 6.45) is 0. The van der Waals surface area contributed by atoms with E-state index in [0.29, 0.717) is 0 Å². The monoisotopic (exact) mass is 309 g/mol. The number of aromatic amines is 1. The third-order valence-electron chi connectivity index (χ3n) is 2.71. The first-order chi connectivity index (χ1) is 8.65. The van der Waals surface area contributed by atoms with Crippen LogP contribution >= 0.6 is 15.9 Å². The summed E-state index contributed by atoms with van der Waals surface area (Å²) in [5.41, 5.74) is 4.13. The lowest BCUT2D eigenvalue weighted by Gasteiger charge is -2.09. The van der Waals surface area contributed by atoms with Crippen LogP contribution in [0.25, 0.3) is 11.3 Å². The molecule has 0 saturated carbocycles. The normalized spacial score (nSPS) is 10.7. The number of ether oxygens (including phenoxy) is 1. The number of hydrogen-bond donors (Lipinski definition) is 2. The molecule has 2 rings (SSSR count). The van der Waals surface area contributed by atoms with E-state index in [1.807, 2.05) is 19.2 Å². The van der Waals surface area contributed by atoms with Crippen LogP contribution in [0.1, 0.15) is 11.3 Å². The summed E-state index contributed by atoms with van der Waals surface area (Å²) < 4.78 is 6.14. The molecule has 0 unspecified atom stereocenters. The van der Waals surface area contributed by atoms with E-state index < -0.39 is 0 Å². The van der Waals surface area contributed by atoms with E-state index in [2.05, 4.69) is 44.2 Å². The fourth-order valence-corrected chi connectivity index (χ4v) is 2.33. The Morgan fingerprint density at radius 3 is 2.89 bits per heavy atom. The lowest BCUT2D eigenvalue weighted by molar-refractivity contribution is 0.416. The Bertz CT molecular complexity index is 551. The zero-order valence-electron chi connectivity index (χ0n) is 10.7. The molecule has 1 aromatic carbocycles. The lowest BCUT2D eigenvalue weighted by atomic mass is 10.1. The Morgan fingerprint density at radius 2 is 2.22 bits per heavy atom. The van der Waals surface area contributed by atoms with Crippen LogP contribution in [0.15, 0.2) is 22.9 Å². The minimum atomic E-state index is 0.727. The molecule has 0 aliphatic heterocycles. The van der Waals surface area contributed by atoms with Gasteiger partial charge >= 0.3 is 0 Å². The van der Waals surface area contributed by atoms with Crippen LogP contribution in [-0.2, 0) is 6.54 Å². The number of aryl methyl sites for hydroxylation is 1. The number of rotatable bonds is 4. The zero-order chi connectivity index (χ0) is 13.1. The third kappa shape index (κ3) is 2.57. The quantitative estimate of drug-likeness (QED) is 0.913. The maximum absolute atomic E-state index is 5.41. The van der Waals surface area contributed by atoms with Crippen LogP contribution in [-0.4, -0.2) is 24.1 Å². The number of hydrogen-bond acceptors (Lipinski definition) is 3. The van der Waals surface area contributed by atoms with Gasteiger partial charge in [0, 0.05) is 12.1 Å². The summed E-state index contributed by atoms with van der Waals surface area (Å²) in [5.74, 6) is 0.831. The topological polar surface area (TPSA) is 49.9 Å². The van der Waals surface area contributed by atoms with Crippen molar-refractivity contribution in [3.05, 3.63) is 34.2 Å². The highest BCUT2D eigenvalue weighted by atomic mass is 79.9. The van der Waals surface area contributed by atoms with Crippen LogP contribution in [0, 0.1) is 6.92 Å². The number of imidazole rings is 1. The van der Waals surface area contributed by atoms with Gasteiger partial charge in [-0.3, -0.25) is 0 Å². The summed E-state index contributed by atoms with van der Waals surface area (Å²) in [7, 11) is 3.58. The summed E-state index contributed by atoms with van der Waals surface area (Å²) >= 11 is 3.38. The van der Waals surface area contributed by atoms with E-state index in [4.69, 9.17) is 4.74 Å². The van der Waals surface area contributed by atoms with E-state index in [1.54, 1.807) is 7.11 Å². The molecule has 4 nitrogen and oxygen atoms in total. The van der Waals surface area contributed by atoms with Gasteiger partial charge in [-0.2, -0.15) is 0 Å². The molecule has 0 atom stereocenters. The van der Waals surface area contributed by atoms with Gasteiger partial charge in [0.05, 0.1) is 18.5 Å². The predicted molar refractivity (Wildman–Crippen MR) is 75.8 cm³/mol. The minimum Gasteiger partial charge on any atom is -0.496 e. The Labute approximate surface area is 115 Å². The predicted octanol–water partition coefficient (Wildman–Crippen LogP) is 2.88. The molecular formula is C13H16BrN3O. The molecule has 2 N–H and O–H groups in total. The second kappa shape index (κ2) is 5.54. The van der Waals surface area contributed by atoms with Gasteiger partial charge in [-0.1, -0.05) is 11.6 Å². The molecule has 0 bridgehead atoms. The number of aromatic nitrogens is 2. The molecule has 96 valence electrons. The average Bonchev–Trinajstić information content (AvgIpc) is 2.71. The van der Waals surface area contributed by atoms with Crippen molar-refractivity contribution in [1.29, 1.82) is 0 Å². The lowest BCUT2D eigenvalue weighted by Crippen LogP contribution is -2.06. The van der Waals surface area contributed by atoms with E-state index in [-0.39, 0.29) is 0 Å². The molecule has 2 aromatic rings. The van der Waals surface area contributed by atoms with Crippen molar-refractivity contribution >= 4 is 15.9 Å². The molecule has 1 heterocycles. The van der Waals surface area contributed by atoms with Gasteiger partial charge in [-0.15, -0.1) is 0 Å². The number of nitrogens with zero attached hydrogens (tertiary/aromatic N) is 1. The fourth-order valence-electron chi connectivity index (χ4n) is 1.91. The molecule has 0 aliphatic carbocycles. The highest BCUT2D eigenvalue weighted by molar-refractivity contribution is 9.10. The van der Waals surface area contributed by atoms with Gasteiger partial charge in [0.1, 0.15) is 5.75 Å². The first-order valence-electron chi connectivity index (χ1n) is 5.69. The smallest absolute Gasteiger partial charge is 0.175 e.